The first-order valence-electron chi connectivity index (χ1n) is 10.2. The van der Waals surface area contributed by atoms with E-state index in [-0.39, 0.29) is 22.4 Å². The zero-order chi connectivity index (χ0) is 21.6. The Morgan fingerprint density at radius 2 is 2.00 bits per heavy atom. The van der Waals surface area contributed by atoms with Crippen LogP contribution in [-0.2, 0) is 9.59 Å². The van der Waals surface area contributed by atoms with Crippen LogP contribution in [0.5, 0.6) is 11.5 Å². The Labute approximate surface area is 178 Å². The van der Waals surface area contributed by atoms with Crippen molar-refractivity contribution in [2.75, 3.05) is 34.4 Å². The number of thioether (sulfide) groups is 1. The van der Waals surface area contributed by atoms with E-state index in [0.29, 0.717) is 25.4 Å². The van der Waals surface area contributed by atoms with Gasteiger partial charge in [-0.25, -0.2) is 0 Å². The van der Waals surface area contributed by atoms with Gasteiger partial charge in [-0.3, -0.25) is 9.59 Å². The molecule has 0 radical (unpaired) electrons. The normalized spacial score (nSPS) is 19.0. The zero-order valence-corrected chi connectivity index (χ0v) is 19.3. The molecular formula is C22H34N2O4S. The first-order valence-corrected chi connectivity index (χ1v) is 11.2. The number of amides is 2. The molecule has 7 heteroatoms. The van der Waals surface area contributed by atoms with Crippen molar-refractivity contribution in [3.8, 4) is 11.5 Å². The van der Waals surface area contributed by atoms with Gasteiger partial charge in [0.25, 0.3) is 0 Å². The number of carbonyl (C=O) groups is 2. The minimum absolute atomic E-state index is 0.0591. The van der Waals surface area contributed by atoms with Crippen molar-refractivity contribution >= 4 is 23.6 Å². The fraction of sp³-hybridized carbons (Fsp3) is 0.636. The van der Waals surface area contributed by atoms with Crippen LogP contribution in [0.1, 0.15) is 51.0 Å². The molecule has 1 aromatic carbocycles. The number of nitrogens with zero attached hydrogens (tertiary/aromatic N) is 2. The molecule has 0 saturated carbocycles. The van der Waals surface area contributed by atoms with E-state index in [0.717, 1.165) is 29.9 Å². The van der Waals surface area contributed by atoms with Crippen LogP contribution in [0.25, 0.3) is 0 Å². The van der Waals surface area contributed by atoms with Crippen molar-refractivity contribution < 1.29 is 19.1 Å². The molecule has 29 heavy (non-hydrogen) atoms. The summed E-state index contributed by atoms with van der Waals surface area (Å²) in [5.41, 5.74) is 0.949. The number of hydrogen-bond donors (Lipinski definition) is 0. The van der Waals surface area contributed by atoms with Crippen molar-refractivity contribution in [2.45, 2.75) is 50.7 Å². The van der Waals surface area contributed by atoms with E-state index in [1.165, 1.54) is 0 Å². The summed E-state index contributed by atoms with van der Waals surface area (Å²) in [4.78, 5) is 28.9. The number of carbonyl (C=O) groups excluding carboxylic acids is 2. The van der Waals surface area contributed by atoms with Gasteiger partial charge in [0.05, 0.1) is 19.5 Å². The van der Waals surface area contributed by atoms with E-state index in [9.17, 15) is 9.59 Å². The Bertz CT molecular complexity index is 710. The van der Waals surface area contributed by atoms with Gasteiger partial charge >= 0.3 is 0 Å². The maximum Gasteiger partial charge on any atom is 0.236 e. The molecular weight excluding hydrogens is 388 g/mol. The minimum atomic E-state index is -0.117. The number of methoxy groups -OCH3 is 2. The Hall–Kier alpha value is -1.89. The molecule has 1 aromatic rings. The van der Waals surface area contributed by atoms with Crippen molar-refractivity contribution in [3.05, 3.63) is 23.8 Å². The first kappa shape index (κ1) is 23.4. The van der Waals surface area contributed by atoms with Crippen LogP contribution >= 0.6 is 11.8 Å². The average Bonchev–Trinajstić information content (AvgIpc) is 3.02. The highest BCUT2D eigenvalue weighted by Gasteiger charge is 2.41. The largest absolute Gasteiger partial charge is 0.497 e. The molecule has 1 heterocycles. The molecule has 0 bridgehead atoms. The van der Waals surface area contributed by atoms with Crippen molar-refractivity contribution in [1.82, 2.24) is 9.80 Å². The molecule has 0 spiro atoms. The summed E-state index contributed by atoms with van der Waals surface area (Å²) in [7, 11) is 5.11. The van der Waals surface area contributed by atoms with Gasteiger partial charge in [0, 0.05) is 32.1 Å². The van der Waals surface area contributed by atoms with Gasteiger partial charge < -0.3 is 19.3 Å². The Morgan fingerprint density at radius 1 is 1.28 bits per heavy atom. The van der Waals surface area contributed by atoms with E-state index >= 15 is 0 Å². The van der Waals surface area contributed by atoms with Crippen LogP contribution < -0.4 is 9.47 Å². The molecule has 1 aliphatic rings. The first-order chi connectivity index (χ1) is 13.8. The van der Waals surface area contributed by atoms with Crippen LogP contribution in [0, 0.1) is 5.92 Å². The van der Waals surface area contributed by atoms with Crippen molar-refractivity contribution in [1.29, 1.82) is 0 Å². The predicted molar refractivity (Wildman–Crippen MR) is 117 cm³/mol. The van der Waals surface area contributed by atoms with E-state index in [1.54, 1.807) is 30.9 Å². The molecule has 1 saturated heterocycles. The van der Waals surface area contributed by atoms with Gasteiger partial charge in [0.15, 0.2) is 0 Å². The number of rotatable bonds is 10. The van der Waals surface area contributed by atoms with Gasteiger partial charge in [0.1, 0.15) is 16.9 Å². The van der Waals surface area contributed by atoms with Crippen molar-refractivity contribution in [2.24, 2.45) is 5.92 Å². The average molecular weight is 423 g/mol. The fourth-order valence-electron chi connectivity index (χ4n) is 3.47. The van der Waals surface area contributed by atoms with Gasteiger partial charge in [-0.2, -0.15) is 0 Å². The topological polar surface area (TPSA) is 59.1 Å². The molecule has 162 valence electrons. The standard InChI is InChI=1S/C22H34N2O4S/c1-7-19-21(26)24(12-8-11-23(4)20(25)13-15(2)3)22(29-19)17-14-16(27-5)9-10-18(17)28-6/h9-10,14-15,19,22H,7-8,11-13H2,1-6H3/t19-,22+/m0/s1. The quantitative estimate of drug-likeness (QED) is 0.571. The lowest BCUT2D eigenvalue weighted by Crippen LogP contribution is -2.35. The lowest BCUT2D eigenvalue weighted by molar-refractivity contribution is -0.131. The van der Waals surface area contributed by atoms with E-state index in [2.05, 4.69) is 0 Å². The van der Waals surface area contributed by atoms with Crippen LogP contribution in [0.4, 0.5) is 0 Å². The maximum atomic E-state index is 13.0. The van der Waals surface area contributed by atoms with Gasteiger partial charge in [-0.15, -0.1) is 11.8 Å². The highest BCUT2D eigenvalue weighted by molar-refractivity contribution is 8.01. The van der Waals surface area contributed by atoms with Crippen LogP contribution in [0.15, 0.2) is 18.2 Å². The molecule has 1 fully saturated rings. The van der Waals surface area contributed by atoms with Crippen molar-refractivity contribution in [3.63, 3.8) is 0 Å². The second-order valence-electron chi connectivity index (χ2n) is 7.79. The Kier molecular flexibility index (Phi) is 8.68. The lowest BCUT2D eigenvalue weighted by Gasteiger charge is -2.27. The summed E-state index contributed by atoms with van der Waals surface area (Å²) in [5.74, 6) is 2.15. The van der Waals surface area contributed by atoms with Crippen LogP contribution in [-0.4, -0.2) is 61.2 Å². The maximum absolute atomic E-state index is 13.0. The zero-order valence-electron chi connectivity index (χ0n) is 18.4. The highest BCUT2D eigenvalue weighted by Crippen LogP contribution is 2.47. The predicted octanol–water partition coefficient (Wildman–Crippen LogP) is 3.95. The molecule has 2 rings (SSSR count). The second-order valence-corrected chi connectivity index (χ2v) is 9.08. The summed E-state index contributed by atoms with van der Waals surface area (Å²) in [5, 5.41) is -0.176. The third-order valence-electron chi connectivity index (χ3n) is 5.11. The monoisotopic (exact) mass is 422 g/mol. The SMILES string of the molecule is CC[C@@H]1S[C@H](c2cc(OC)ccc2OC)N(CCCN(C)C(=O)CC(C)C)C1=O. The minimum Gasteiger partial charge on any atom is -0.497 e. The summed E-state index contributed by atoms with van der Waals surface area (Å²) < 4.78 is 10.9. The highest BCUT2D eigenvalue weighted by atomic mass is 32.2. The lowest BCUT2D eigenvalue weighted by atomic mass is 10.1. The van der Waals surface area contributed by atoms with E-state index in [1.807, 2.05) is 50.9 Å². The summed E-state index contributed by atoms with van der Waals surface area (Å²) in [6, 6.07) is 5.70. The number of ether oxygens (including phenoxy) is 2. The molecule has 0 aliphatic carbocycles. The molecule has 6 nitrogen and oxygen atoms in total. The van der Waals surface area contributed by atoms with Gasteiger partial charge in [-0.05, 0) is 37.0 Å². The van der Waals surface area contributed by atoms with Gasteiger partial charge in [0.2, 0.25) is 11.8 Å². The van der Waals surface area contributed by atoms with E-state index < -0.39 is 0 Å². The summed E-state index contributed by atoms with van der Waals surface area (Å²) in [6.07, 6.45) is 2.08. The summed E-state index contributed by atoms with van der Waals surface area (Å²) >= 11 is 1.66. The fourth-order valence-corrected chi connectivity index (χ4v) is 4.91. The van der Waals surface area contributed by atoms with Crippen LogP contribution in [0.3, 0.4) is 0 Å². The molecule has 0 unspecified atom stereocenters. The molecule has 1 aliphatic heterocycles. The third-order valence-corrected chi connectivity index (χ3v) is 6.74. The van der Waals surface area contributed by atoms with E-state index in [4.69, 9.17) is 9.47 Å². The molecule has 0 N–H and O–H groups in total. The molecule has 2 amide bonds. The van der Waals surface area contributed by atoms with Gasteiger partial charge in [-0.1, -0.05) is 20.8 Å². The molecule has 2 atom stereocenters. The number of hydrogen-bond acceptors (Lipinski definition) is 5. The Balaban J connectivity index is 2.14. The third kappa shape index (κ3) is 5.81. The number of benzene rings is 1. The smallest absolute Gasteiger partial charge is 0.236 e. The molecule has 0 aromatic heterocycles. The second kappa shape index (κ2) is 10.8. The van der Waals surface area contributed by atoms with Crippen LogP contribution in [0.2, 0.25) is 0 Å². The summed E-state index contributed by atoms with van der Waals surface area (Å²) in [6.45, 7) is 7.37. The Morgan fingerprint density at radius 3 is 2.59 bits per heavy atom.